The zero-order valence-corrected chi connectivity index (χ0v) is 12.6. The normalized spacial score (nSPS) is 10.6. The number of anilines is 1. The first-order valence-corrected chi connectivity index (χ1v) is 7.51. The van der Waals surface area contributed by atoms with Crippen molar-refractivity contribution in [3.05, 3.63) is 96.6 Å². The summed E-state index contributed by atoms with van der Waals surface area (Å²) in [5, 5.41) is 2.87. The third kappa shape index (κ3) is 4.17. The second kappa shape index (κ2) is 7.23. The maximum absolute atomic E-state index is 11.9. The van der Waals surface area contributed by atoms with Crippen LogP contribution in [0.3, 0.4) is 0 Å². The van der Waals surface area contributed by atoms with Crippen molar-refractivity contribution in [2.24, 2.45) is 0 Å². The molecule has 0 bridgehead atoms. The third-order valence-corrected chi connectivity index (χ3v) is 3.49. The lowest BCUT2D eigenvalue weighted by atomic mass is 10.1. The van der Waals surface area contributed by atoms with Crippen molar-refractivity contribution < 1.29 is 4.79 Å². The lowest BCUT2D eigenvalue weighted by Gasteiger charge is -2.05. The van der Waals surface area contributed by atoms with Gasteiger partial charge in [0.15, 0.2) is 0 Å². The topological polar surface area (TPSA) is 29.1 Å². The van der Waals surface area contributed by atoms with Crippen LogP contribution in [0.2, 0.25) is 0 Å². The van der Waals surface area contributed by atoms with E-state index in [0.29, 0.717) is 0 Å². The van der Waals surface area contributed by atoms with Crippen LogP contribution in [0.25, 0.3) is 17.2 Å². The van der Waals surface area contributed by atoms with Gasteiger partial charge in [-0.25, -0.2) is 0 Å². The summed E-state index contributed by atoms with van der Waals surface area (Å²) >= 11 is 0. The van der Waals surface area contributed by atoms with Crippen LogP contribution in [-0.2, 0) is 4.79 Å². The molecule has 1 amide bonds. The van der Waals surface area contributed by atoms with E-state index in [1.165, 1.54) is 0 Å². The minimum atomic E-state index is -0.138. The first-order chi connectivity index (χ1) is 11.3. The first-order valence-electron chi connectivity index (χ1n) is 7.51. The summed E-state index contributed by atoms with van der Waals surface area (Å²) < 4.78 is 0. The molecule has 0 unspecified atom stereocenters. The molecular formula is C21H17NO. The molecule has 23 heavy (non-hydrogen) atoms. The van der Waals surface area contributed by atoms with Gasteiger partial charge < -0.3 is 5.32 Å². The van der Waals surface area contributed by atoms with Gasteiger partial charge in [-0.15, -0.1) is 0 Å². The predicted molar refractivity (Wildman–Crippen MR) is 96.0 cm³/mol. The molecule has 0 spiro atoms. The molecule has 0 aromatic heterocycles. The summed E-state index contributed by atoms with van der Waals surface area (Å²) in [4.78, 5) is 11.9. The van der Waals surface area contributed by atoms with Crippen LogP contribution in [0.5, 0.6) is 0 Å². The highest BCUT2D eigenvalue weighted by Crippen LogP contribution is 2.20. The van der Waals surface area contributed by atoms with Crippen molar-refractivity contribution in [2.45, 2.75) is 0 Å². The van der Waals surface area contributed by atoms with Gasteiger partial charge in [0.1, 0.15) is 0 Å². The molecule has 0 aliphatic heterocycles. The van der Waals surface area contributed by atoms with Crippen molar-refractivity contribution in [3.8, 4) is 11.1 Å². The molecule has 0 atom stereocenters. The molecule has 0 aliphatic carbocycles. The number of nitrogens with one attached hydrogen (secondary N) is 1. The largest absolute Gasteiger partial charge is 0.323 e. The molecule has 1 N–H and O–H groups in total. The van der Waals surface area contributed by atoms with E-state index in [9.17, 15) is 4.79 Å². The van der Waals surface area contributed by atoms with E-state index in [2.05, 4.69) is 17.4 Å². The fraction of sp³-hybridized carbons (Fsp3) is 0. The predicted octanol–water partition coefficient (Wildman–Crippen LogP) is 5.01. The number of hydrogen-bond donors (Lipinski definition) is 1. The number of hydrogen-bond acceptors (Lipinski definition) is 1. The second-order valence-electron chi connectivity index (χ2n) is 5.18. The Morgan fingerprint density at radius 2 is 1.26 bits per heavy atom. The van der Waals surface area contributed by atoms with Gasteiger partial charge in [0.2, 0.25) is 5.91 Å². The van der Waals surface area contributed by atoms with Crippen molar-refractivity contribution in [2.75, 3.05) is 5.32 Å². The van der Waals surface area contributed by atoms with Gasteiger partial charge in [-0.3, -0.25) is 4.79 Å². The van der Waals surface area contributed by atoms with E-state index in [4.69, 9.17) is 0 Å². The molecule has 112 valence electrons. The summed E-state index contributed by atoms with van der Waals surface area (Å²) in [6.07, 6.45) is 3.34. The molecule has 3 aromatic rings. The summed E-state index contributed by atoms with van der Waals surface area (Å²) in [5.74, 6) is -0.138. The summed E-state index contributed by atoms with van der Waals surface area (Å²) in [7, 11) is 0. The van der Waals surface area contributed by atoms with Crippen LogP contribution in [0.4, 0.5) is 5.69 Å². The highest BCUT2D eigenvalue weighted by atomic mass is 16.1. The van der Waals surface area contributed by atoms with E-state index in [-0.39, 0.29) is 5.91 Å². The molecule has 0 fully saturated rings. The Kier molecular flexibility index (Phi) is 4.65. The fourth-order valence-electron chi connectivity index (χ4n) is 2.30. The van der Waals surface area contributed by atoms with E-state index in [1.807, 2.05) is 72.8 Å². The van der Waals surface area contributed by atoms with Crippen molar-refractivity contribution in [1.29, 1.82) is 0 Å². The number of benzene rings is 3. The molecule has 0 heterocycles. The maximum atomic E-state index is 11.9. The van der Waals surface area contributed by atoms with Crippen LogP contribution in [0, 0.1) is 0 Å². The zero-order chi connectivity index (χ0) is 15.9. The Morgan fingerprint density at radius 1 is 0.696 bits per heavy atom. The standard InChI is InChI=1S/C21H17NO/c23-21(16-11-17-7-3-1-4-8-17)22-20-14-12-19(13-15-20)18-9-5-2-6-10-18/h1-16H,(H,22,23)/b16-11+. The molecule has 3 rings (SSSR count). The third-order valence-electron chi connectivity index (χ3n) is 3.49. The highest BCUT2D eigenvalue weighted by Gasteiger charge is 2.00. The van der Waals surface area contributed by atoms with Crippen molar-refractivity contribution >= 4 is 17.7 Å². The van der Waals surface area contributed by atoms with Crippen LogP contribution >= 0.6 is 0 Å². The van der Waals surface area contributed by atoms with Crippen molar-refractivity contribution in [3.63, 3.8) is 0 Å². The smallest absolute Gasteiger partial charge is 0.248 e. The number of carbonyl (C=O) groups excluding carboxylic acids is 1. The molecule has 3 aromatic carbocycles. The lowest BCUT2D eigenvalue weighted by Crippen LogP contribution is -2.07. The summed E-state index contributed by atoms with van der Waals surface area (Å²) in [5.41, 5.74) is 4.08. The van der Waals surface area contributed by atoms with E-state index < -0.39 is 0 Å². The average Bonchev–Trinajstić information content (AvgIpc) is 2.62. The van der Waals surface area contributed by atoms with Crippen LogP contribution in [0.1, 0.15) is 5.56 Å². The zero-order valence-electron chi connectivity index (χ0n) is 12.6. The van der Waals surface area contributed by atoms with Gasteiger partial charge in [-0.2, -0.15) is 0 Å². The molecule has 0 radical (unpaired) electrons. The summed E-state index contributed by atoms with van der Waals surface area (Å²) in [6.45, 7) is 0. The fourth-order valence-corrected chi connectivity index (χ4v) is 2.30. The Hall–Kier alpha value is -3.13. The summed E-state index contributed by atoms with van der Waals surface area (Å²) in [6, 6.07) is 27.7. The second-order valence-corrected chi connectivity index (χ2v) is 5.18. The van der Waals surface area contributed by atoms with Gasteiger partial charge in [0.25, 0.3) is 0 Å². The molecule has 0 saturated carbocycles. The van der Waals surface area contributed by atoms with Crippen molar-refractivity contribution in [1.82, 2.24) is 0 Å². The lowest BCUT2D eigenvalue weighted by molar-refractivity contribution is -0.111. The van der Waals surface area contributed by atoms with E-state index >= 15 is 0 Å². The Balaban J connectivity index is 1.64. The Morgan fingerprint density at radius 3 is 1.91 bits per heavy atom. The highest BCUT2D eigenvalue weighted by molar-refractivity contribution is 6.02. The van der Waals surface area contributed by atoms with Gasteiger partial charge >= 0.3 is 0 Å². The van der Waals surface area contributed by atoms with Gasteiger partial charge in [-0.1, -0.05) is 72.8 Å². The molecule has 2 nitrogen and oxygen atoms in total. The average molecular weight is 299 g/mol. The molecular weight excluding hydrogens is 282 g/mol. The minimum Gasteiger partial charge on any atom is -0.323 e. The van der Waals surface area contributed by atoms with E-state index in [1.54, 1.807) is 12.2 Å². The van der Waals surface area contributed by atoms with Gasteiger partial charge in [0.05, 0.1) is 0 Å². The Labute approximate surface area is 136 Å². The SMILES string of the molecule is O=C(/C=C/c1ccccc1)Nc1ccc(-c2ccccc2)cc1. The number of rotatable bonds is 4. The van der Waals surface area contributed by atoms with Crippen LogP contribution in [-0.4, -0.2) is 5.91 Å². The molecule has 0 aliphatic rings. The Bertz CT molecular complexity index is 790. The monoisotopic (exact) mass is 299 g/mol. The van der Waals surface area contributed by atoms with Crippen LogP contribution < -0.4 is 5.32 Å². The maximum Gasteiger partial charge on any atom is 0.248 e. The first kappa shape index (κ1) is 14.8. The number of carbonyl (C=O) groups is 1. The van der Waals surface area contributed by atoms with Crippen LogP contribution in [0.15, 0.2) is 91.0 Å². The molecule has 0 saturated heterocycles. The number of amides is 1. The van der Waals surface area contributed by atoms with Gasteiger partial charge in [0, 0.05) is 11.8 Å². The minimum absolute atomic E-state index is 0.138. The van der Waals surface area contributed by atoms with E-state index in [0.717, 1.165) is 22.4 Å². The van der Waals surface area contributed by atoms with Gasteiger partial charge in [-0.05, 0) is 34.9 Å². The molecule has 2 heteroatoms. The quantitative estimate of drug-likeness (QED) is 0.674.